The van der Waals surface area contributed by atoms with Crippen LogP contribution in [0, 0.1) is 10.2 Å². The van der Waals surface area contributed by atoms with Crippen LogP contribution in [0.4, 0.5) is 5.82 Å². The van der Waals surface area contributed by atoms with Gasteiger partial charge in [0.2, 0.25) is 0 Å². The predicted molar refractivity (Wildman–Crippen MR) is 109 cm³/mol. The minimum absolute atomic E-state index is 0.582. The summed E-state index contributed by atoms with van der Waals surface area (Å²) in [5, 5.41) is 5.62. The Kier molecular flexibility index (Phi) is 5.26. The lowest BCUT2D eigenvalue weighted by molar-refractivity contribution is -1.92. The van der Waals surface area contributed by atoms with Gasteiger partial charge < -0.3 is 5.73 Å². The van der Waals surface area contributed by atoms with Gasteiger partial charge in [0, 0.05) is 16.2 Å². The normalized spacial score (nSPS) is 11.5. The third-order valence-corrected chi connectivity index (χ3v) is 4.81. The highest BCUT2D eigenvalue weighted by atomic mass is 35.7. The molecule has 0 spiro atoms. The maximum atomic E-state index is 8.60. The van der Waals surface area contributed by atoms with E-state index >= 15 is 0 Å². The first kappa shape index (κ1) is 20.0. The number of aromatic nitrogens is 1. The molecule has 1 aromatic heterocycles. The highest BCUT2D eigenvalue weighted by Crippen LogP contribution is 2.39. The number of nitrogens with zero attached hydrogens (tertiary/aromatic N) is 1. The Bertz CT molecular complexity index is 1350. The van der Waals surface area contributed by atoms with Gasteiger partial charge in [-0.25, -0.2) is 4.98 Å². The number of hydrogen-bond donors (Lipinski definition) is 2. The van der Waals surface area contributed by atoms with Crippen LogP contribution in [0.25, 0.3) is 43.6 Å². The van der Waals surface area contributed by atoms with Gasteiger partial charge in [-0.2, -0.15) is 14.0 Å². The van der Waals surface area contributed by atoms with Gasteiger partial charge >= 0.3 is 0 Å². The highest BCUT2D eigenvalue weighted by Gasteiger charge is 2.14. The van der Waals surface area contributed by atoms with Crippen molar-refractivity contribution in [2.75, 3.05) is 5.73 Å². The molecule has 0 atom stereocenters. The van der Waals surface area contributed by atoms with Crippen LogP contribution in [0.2, 0.25) is 0 Å². The summed E-state index contributed by atoms with van der Waals surface area (Å²) >= 11 is 0. The van der Waals surface area contributed by atoms with Crippen molar-refractivity contribution in [1.29, 1.82) is 0 Å². The molecular weight excluding hydrogens is 404 g/mol. The number of anilines is 1. The molecule has 0 saturated carbocycles. The predicted octanol–water partition coefficient (Wildman–Crippen LogP) is 1.67. The topological polar surface area (TPSA) is 128 Å². The molecule has 0 amide bonds. The maximum Gasteiger partial charge on any atom is 0.132 e. The Labute approximate surface area is 174 Å². The van der Waals surface area contributed by atoms with E-state index in [1.54, 1.807) is 0 Å². The van der Waals surface area contributed by atoms with Crippen molar-refractivity contribution in [3.63, 3.8) is 0 Å². The Morgan fingerprint density at radius 1 is 0.733 bits per heavy atom. The number of fused-ring (bicyclic) bond motifs is 5. The Morgan fingerprint density at radius 3 is 1.93 bits per heavy atom. The van der Waals surface area contributed by atoms with E-state index in [1.165, 1.54) is 16.5 Å². The lowest BCUT2D eigenvalue weighted by Crippen LogP contribution is -2.58. The summed E-state index contributed by atoms with van der Waals surface area (Å²) in [5.74, 6) is 0.582. The van der Waals surface area contributed by atoms with Crippen LogP contribution in [0.15, 0.2) is 84.9 Å². The van der Waals surface area contributed by atoms with E-state index in [1.807, 2.05) is 18.2 Å². The molecule has 1 heterocycles. The molecule has 0 fully saturated rings. The zero-order valence-electron chi connectivity index (χ0n) is 15.7. The van der Waals surface area contributed by atoms with Gasteiger partial charge in [-0.3, -0.25) is 0 Å². The van der Waals surface area contributed by atoms with Crippen molar-refractivity contribution in [3.05, 3.63) is 84.9 Å². The van der Waals surface area contributed by atoms with Crippen molar-refractivity contribution in [1.82, 2.24) is 4.98 Å². The van der Waals surface area contributed by atoms with Gasteiger partial charge in [0.15, 0.2) is 0 Å². The molecule has 0 bridgehead atoms. The van der Waals surface area contributed by atoms with Gasteiger partial charge in [-0.15, -0.1) is 0 Å². The van der Waals surface area contributed by atoms with Crippen LogP contribution in [-0.4, -0.2) is 9.64 Å². The fraction of sp³-hybridized carbons (Fsp3) is 0. The summed E-state index contributed by atoms with van der Waals surface area (Å²) in [4.78, 5) is 4.80. The summed E-state index contributed by atoms with van der Waals surface area (Å²) in [6, 6.07) is 29.4. The maximum absolute atomic E-state index is 8.60. The second-order valence-corrected chi connectivity index (χ2v) is 7.47. The van der Waals surface area contributed by atoms with Gasteiger partial charge in [0.05, 0.1) is 20.4 Å². The third-order valence-electron chi connectivity index (χ3n) is 4.81. The SMILES string of the molecule is Nc1nc2c3ccccc3cc(-c3ccccc3)c2c2ccccc12.[O-][Cl+3]([O-])([O-])O. The first-order valence-electron chi connectivity index (χ1n) is 9.01. The molecule has 4 aromatic carbocycles. The molecule has 7 heteroatoms. The van der Waals surface area contributed by atoms with E-state index < -0.39 is 10.2 Å². The van der Waals surface area contributed by atoms with Gasteiger partial charge in [-0.05, 0) is 28.0 Å². The molecule has 0 saturated heterocycles. The zero-order chi connectivity index (χ0) is 21.3. The van der Waals surface area contributed by atoms with Crippen molar-refractivity contribution >= 4 is 38.3 Å². The van der Waals surface area contributed by atoms with Crippen LogP contribution in [0.5, 0.6) is 0 Å². The van der Waals surface area contributed by atoms with Crippen molar-refractivity contribution < 1.29 is 28.9 Å². The largest absolute Gasteiger partial charge is 0.383 e. The Morgan fingerprint density at radius 2 is 1.27 bits per heavy atom. The van der Waals surface area contributed by atoms with Crippen LogP contribution in [0.1, 0.15) is 0 Å². The molecule has 6 nitrogen and oxygen atoms in total. The van der Waals surface area contributed by atoms with E-state index in [0.29, 0.717) is 5.82 Å². The van der Waals surface area contributed by atoms with Crippen molar-refractivity contribution in [2.45, 2.75) is 0 Å². The van der Waals surface area contributed by atoms with E-state index in [9.17, 15) is 0 Å². The van der Waals surface area contributed by atoms with Crippen LogP contribution < -0.4 is 19.7 Å². The molecule has 0 unspecified atom stereocenters. The van der Waals surface area contributed by atoms with E-state index in [2.05, 4.69) is 66.7 Å². The fourth-order valence-corrected chi connectivity index (χ4v) is 3.67. The molecule has 30 heavy (non-hydrogen) atoms. The van der Waals surface area contributed by atoms with Crippen LogP contribution in [-0.2, 0) is 0 Å². The number of nitrogen functional groups attached to an aromatic ring is 1. The Hall–Kier alpha value is -3.26. The molecule has 150 valence electrons. The second kappa shape index (κ2) is 7.87. The molecule has 0 aliphatic rings. The zero-order valence-corrected chi connectivity index (χ0v) is 16.4. The average Bonchev–Trinajstić information content (AvgIpc) is 2.73. The Balaban J connectivity index is 0.000000393. The van der Waals surface area contributed by atoms with E-state index in [-0.39, 0.29) is 0 Å². The monoisotopic (exact) mass is 420 g/mol. The highest BCUT2D eigenvalue weighted by molar-refractivity contribution is 6.22. The number of nitrogens with two attached hydrogens (primary N) is 1. The fourth-order valence-electron chi connectivity index (χ4n) is 3.67. The quantitative estimate of drug-likeness (QED) is 0.397. The van der Waals surface area contributed by atoms with Gasteiger partial charge in [-0.1, -0.05) is 78.9 Å². The summed E-state index contributed by atoms with van der Waals surface area (Å²) in [6.45, 7) is 0. The summed E-state index contributed by atoms with van der Waals surface area (Å²) in [6.07, 6.45) is 0. The van der Waals surface area contributed by atoms with E-state index in [0.717, 1.165) is 27.1 Å². The second-order valence-electron chi connectivity index (χ2n) is 6.67. The molecule has 3 N–H and O–H groups in total. The molecule has 0 aliphatic heterocycles. The minimum atomic E-state index is -4.69. The van der Waals surface area contributed by atoms with Crippen LogP contribution in [0.3, 0.4) is 0 Å². The van der Waals surface area contributed by atoms with Gasteiger partial charge in [0.1, 0.15) is 5.82 Å². The third kappa shape index (κ3) is 4.04. The summed E-state index contributed by atoms with van der Waals surface area (Å²) in [5.41, 5.74) is 9.64. The molecule has 0 radical (unpaired) electrons. The summed E-state index contributed by atoms with van der Waals surface area (Å²) < 4.78 is 32.7. The molecule has 5 rings (SSSR count). The number of benzene rings is 4. The first-order valence-corrected chi connectivity index (χ1v) is 10.3. The lowest BCUT2D eigenvalue weighted by atomic mass is 9.92. The first-order chi connectivity index (χ1) is 14.3. The lowest BCUT2D eigenvalue weighted by Gasteiger charge is -2.14. The number of pyridine rings is 1. The standard InChI is InChI=1S/C23H16N2.ClHO4/c24-23-19-13-7-6-12-18(19)21-20(15-8-2-1-3-9-15)14-16-10-4-5-11-17(16)22(21)25-23;2-1(3,4)5/h1-14H,(H2,24,25);(H,2,3,4,5). The van der Waals surface area contributed by atoms with E-state index in [4.69, 9.17) is 29.4 Å². The average molecular weight is 421 g/mol. The number of hydrogen-bond acceptors (Lipinski definition) is 6. The molecule has 0 aliphatic carbocycles. The number of halogens is 1. The minimum Gasteiger partial charge on any atom is -0.383 e. The van der Waals surface area contributed by atoms with Crippen molar-refractivity contribution in [2.24, 2.45) is 0 Å². The van der Waals surface area contributed by atoms with Crippen LogP contribution >= 0.6 is 0 Å². The number of rotatable bonds is 1. The smallest absolute Gasteiger partial charge is 0.132 e. The van der Waals surface area contributed by atoms with Crippen molar-refractivity contribution in [3.8, 4) is 11.1 Å². The molecule has 5 aromatic rings. The summed E-state index contributed by atoms with van der Waals surface area (Å²) in [7, 11) is -4.69. The molecular formula is C23H17ClN2O4. The van der Waals surface area contributed by atoms with Gasteiger partial charge in [0.25, 0.3) is 0 Å².